The van der Waals surface area contributed by atoms with Gasteiger partial charge in [0, 0.05) is 5.69 Å². The van der Waals surface area contributed by atoms with E-state index in [1.165, 1.54) is 18.4 Å². The van der Waals surface area contributed by atoms with Gasteiger partial charge in [0.15, 0.2) is 0 Å². The molecule has 0 aliphatic heterocycles. The first-order valence-corrected chi connectivity index (χ1v) is 5.78. The van der Waals surface area contributed by atoms with Gasteiger partial charge in [-0.25, -0.2) is 0 Å². The predicted molar refractivity (Wildman–Crippen MR) is 56.0 cm³/mol. The minimum atomic E-state index is -3.59. The van der Waals surface area contributed by atoms with Gasteiger partial charge in [-0.3, -0.25) is 4.72 Å². The fourth-order valence-electron chi connectivity index (χ4n) is 1.13. The quantitative estimate of drug-likeness (QED) is 0.866. The highest BCUT2D eigenvalue weighted by molar-refractivity contribution is 7.92. The second-order valence-electron chi connectivity index (χ2n) is 2.90. The number of anilines is 1. The van der Waals surface area contributed by atoms with Gasteiger partial charge in [0.1, 0.15) is 0 Å². The van der Waals surface area contributed by atoms with E-state index in [9.17, 15) is 8.42 Å². The van der Waals surface area contributed by atoms with E-state index < -0.39 is 10.0 Å². The summed E-state index contributed by atoms with van der Waals surface area (Å²) in [7, 11) is -3.59. The van der Waals surface area contributed by atoms with E-state index in [0.29, 0.717) is 5.69 Å². The highest BCUT2D eigenvalue weighted by Crippen LogP contribution is 2.15. The number of benzene rings is 1. The van der Waals surface area contributed by atoms with Crippen LogP contribution in [-0.2, 0) is 10.0 Å². The van der Waals surface area contributed by atoms with E-state index in [1.807, 2.05) is 6.07 Å². The second kappa shape index (κ2) is 3.78. The summed E-state index contributed by atoms with van der Waals surface area (Å²) in [6, 6.07) is 11.6. The van der Waals surface area contributed by atoms with Crippen molar-refractivity contribution in [2.75, 3.05) is 4.72 Å². The monoisotopic (exact) mass is 223 g/mol. The van der Waals surface area contributed by atoms with Crippen molar-refractivity contribution in [3.05, 3.63) is 48.7 Å². The van der Waals surface area contributed by atoms with Crippen molar-refractivity contribution in [1.29, 1.82) is 0 Å². The zero-order chi connectivity index (χ0) is 10.7. The zero-order valence-electron chi connectivity index (χ0n) is 7.75. The molecule has 2 rings (SSSR count). The highest BCUT2D eigenvalue weighted by atomic mass is 32.2. The third-order valence-corrected chi connectivity index (χ3v) is 3.05. The smallest absolute Gasteiger partial charge is 0.295 e. The van der Waals surface area contributed by atoms with Crippen molar-refractivity contribution >= 4 is 15.7 Å². The average molecular weight is 223 g/mol. The number of rotatable bonds is 3. The summed E-state index contributed by atoms with van der Waals surface area (Å²) in [5.74, 6) is 0. The molecule has 4 nitrogen and oxygen atoms in total. The molecule has 78 valence electrons. The van der Waals surface area contributed by atoms with Gasteiger partial charge in [-0.15, -0.1) is 0 Å². The van der Waals surface area contributed by atoms with Crippen LogP contribution in [0.2, 0.25) is 0 Å². The first-order valence-electron chi connectivity index (χ1n) is 4.30. The molecular weight excluding hydrogens is 214 g/mol. The number of hydrogen-bond donors (Lipinski definition) is 1. The zero-order valence-corrected chi connectivity index (χ0v) is 8.57. The number of nitrogens with one attached hydrogen (secondary N) is 1. The number of sulfonamides is 1. The van der Waals surface area contributed by atoms with Crippen molar-refractivity contribution < 1.29 is 12.8 Å². The Balaban J connectivity index is 2.27. The molecule has 0 unspecified atom stereocenters. The summed E-state index contributed by atoms with van der Waals surface area (Å²) in [5, 5.41) is -0.0913. The molecule has 1 heterocycles. The Morgan fingerprint density at radius 1 is 1.00 bits per heavy atom. The maximum absolute atomic E-state index is 11.7. The van der Waals surface area contributed by atoms with Crippen molar-refractivity contribution in [3.63, 3.8) is 0 Å². The molecule has 0 fully saturated rings. The third kappa shape index (κ3) is 2.19. The van der Waals surface area contributed by atoms with Crippen LogP contribution in [0.3, 0.4) is 0 Å². The van der Waals surface area contributed by atoms with Crippen molar-refractivity contribution in [1.82, 2.24) is 0 Å². The van der Waals surface area contributed by atoms with Crippen molar-refractivity contribution in [3.8, 4) is 0 Å². The largest absolute Gasteiger partial charge is 0.451 e. The molecule has 0 bridgehead atoms. The van der Waals surface area contributed by atoms with Gasteiger partial charge >= 0.3 is 0 Å². The lowest BCUT2D eigenvalue weighted by molar-refractivity contribution is 0.452. The molecule has 0 amide bonds. The van der Waals surface area contributed by atoms with Crippen molar-refractivity contribution in [2.45, 2.75) is 5.09 Å². The fraction of sp³-hybridized carbons (Fsp3) is 0. The Morgan fingerprint density at radius 2 is 1.73 bits per heavy atom. The van der Waals surface area contributed by atoms with E-state index in [-0.39, 0.29) is 5.09 Å². The molecule has 0 aliphatic rings. The maximum atomic E-state index is 11.7. The van der Waals surface area contributed by atoms with Crippen molar-refractivity contribution in [2.24, 2.45) is 0 Å². The van der Waals surface area contributed by atoms with Crippen LogP contribution in [0.15, 0.2) is 58.2 Å². The molecule has 1 aromatic heterocycles. The molecule has 2 aromatic rings. The number of hydrogen-bond acceptors (Lipinski definition) is 3. The van der Waals surface area contributed by atoms with Gasteiger partial charge in [-0.2, -0.15) is 8.42 Å². The SMILES string of the molecule is O=S(=O)(Nc1ccccc1)c1ccco1. The Labute approximate surface area is 87.6 Å². The van der Waals surface area contributed by atoms with Gasteiger partial charge in [0.2, 0.25) is 5.09 Å². The van der Waals surface area contributed by atoms with Gasteiger partial charge in [0.25, 0.3) is 10.0 Å². The molecule has 1 N–H and O–H groups in total. The third-order valence-electron chi connectivity index (χ3n) is 1.79. The second-order valence-corrected chi connectivity index (χ2v) is 4.52. The summed E-state index contributed by atoms with van der Waals surface area (Å²) in [6.45, 7) is 0. The van der Waals surface area contributed by atoms with Gasteiger partial charge < -0.3 is 4.42 Å². The summed E-state index contributed by atoms with van der Waals surface area (Å²) in [4.78, 5) is 0. The minimum Gasteiger partial charge on any atom is -0.451 e. The Hall–Kier alpha value is -1.75. The summed E-state index contributed by atoms with van der Waals surface area (Å²) in [6.07, 6.45) is 1.32. The van der Waals surface area contributed by atoms with Crippen LogP contribution >= 0.6 is 0 Å². The number of para-hydroxylation sites is 1. The molecule has 1 aromatic carbocycles. The highest BCUT2D eigenvalue weighted by Gasteiger charge is 2.16. The Morgan fingerprint density at radius 3 is 2.33 bits per heavy atom. The summed E-state index contributed by atoms with van der Waals surface area (Å²) < 4.78 is 30.5. The lowest BCUT2D eigenvalue weighted by Gasteiger charge is -2.04. The van der Waals surface area contributed by atoms with Crippen LogP contribution in [0.25, 0.3) is 0 Å². The first kappa shape index (κ1) is 9.79. The van der Waals surface area contributed by atoms with E-state index in [2.05, 4.69) is 4.72 Å². The van der Waals surface area contributed by atoms with E-state index in [0.717, 1.165) is 0 Å². The van der Waals surface area contributed by atoms with E-state index in [1.54, 1.807) is 24.3 Å². The van der Waals surface area contributed by atoms with Crippen LogP contribution in [0, 0.1) is 0 Å². The predicted octanol–water partition coefficient (Wildman–Crippen LogP) is 2.08. The van der Waals surface area contributed by atoms with Crippen LogP contribution in [0.5, 0.6) is 0 Å². The molecule has 0 radical (unpaired) electrons. The molecule has 0 spiro atoms. The van der Waals surface area contributed by atoms with Crippen LogP contribution < -0.4 is 4.72 Å². The fourth-order valence-corrected chi connectivity index (χ4v) is 2.11. The Kier molecular flexibility index (Phi) is 2.47. The van der Waals surface area contributed by atoms with Gasteiger partial charge in [0.05, 0.1) is 6.26 Å². The van der Waals surface area contributed by atoms with Crippen LogP contribution in [0.4, 0.5) is 5.69 Å². The average Bonchev–Trinajstić information content (AvgIpc) is 2.71. The molecule has 0 atom stereocenters. The molecule has 5 heteroatoms. The standard InChI is InChI=1S/C10H9NO3S/c12-15(13,10-7-4-8-14-10)11-9-5-2-1-3-6-9/h1-8,11H. The molecule has 0 saturated carbocycles. The number of furan rings is 1. The maximum Gasteiger partial charge on any atom is 0.295 e. The minimum absolute atomic E-state index is 0.0913. The van der Waals surface area contributed by atoms with E-state index >= 15 is 0 Å². The molecular formula is C10H9NO3S. The van der Waals surface area contributed by atoms with Gasteiger partial charge in [-0.05, 0) is 24.3 Å². The summed E-state index contributed by atoms with van der Waals surface area (Å²) in [5.41, 5.74) is 0.508. The Bertz CT molecular complexity index is 517. The summed E-state index contributed by atoms with van der Waals surface area (Å²) >= 11 is 0. The van der Waals surface area contributed by atoms with E-state index in [4.69, 9.17) is 4.42 Å². The lowest BCUT2D eigenvalue weighted by atomic mass is 10.3. The topological polar surface area (TPSA) is 59.3 Å². The molecule has 15 heavy (non-hydrogen) atoms. The normalized spacial score (nSPS) is 11.2. The van der Waals surface area contributed by atoms with Crippen LogP contribution in [-0.4, -0.2) is 8.42 Å². The van der Waals surface area contributed by atoms with Gasteiger partial charge in [-0.1, -0.05) is 18.2 Å². The lowest BCUT2D eigenvalue weighted by Crippen LogP contribution is -2.11. The molecule has 0 aliphatic carbocycles. The van der Waals surface area contributed by atoms with Crippen LogP contribution in [0.1, 0.15) is 0 Å². The molecule has 0 saturated heterocycles. The first-order chi connectivity index (χ1) is 7.18.